The molecule has 0 bridgehead atoms. The molecule has 132 heavy (non-hydrogen) atoms. The van der Waals surface area contributed by atoms with Crippen molar-refractivity contribution in [3.05, 3.63) is 262 Å². The molecule has 0 saturated carbocycles. The van der Waals surface area contributed by atoms with Crippen LogP contribution in [0.25, 0.3) is 0 Å². The third-order valence-electron chi connectivity index (χ3n) is 14.5. The Morgan fingerprint density at radius 1 is 0.303 bits per heavy atom. The van der Waals surface area contributed by atoms with Gasteiger partial charge in [0.25, 0.3) is 0 Å². The zero-order valence-electron chi connectivity index (χ0n) is 74.9. The maximum Gasteiger partial charge on any atom is 0.223 e. The molecule has 0 heterocycles. The Morgan fingerprint density at radius 3 is 0.970 bits per heavy atom. The van der Waals surface area contributed by atoms with Gasteiger partial charge in [-0.1, -0.05) is 186 Å². The molecule has 40 N–H and O–H groups in total. The Balaban J connectivity index is 0.000000755. The number of guanidine groups is 15. The SMILES string of the molecule is CC(C)CC(N)=NC(N)=NCCc1cccc(Cl)c1.CC(C)N=C(N)N=C(N)Nc1cccc(Cl)c1.CC(C)N=C(N)NC(N)=NCc1cccc(Cl)c1.CN(C)C(N)=NC(N)=NCc1cccc(Cl)c1.CN(C)C(N)=NC(N)=Nc1cccc(Cl)c1.NC(N)=NC(N)=NCCc1cccc(Cl)c1.NC(N)=NC(N)=NCc1cccc(Cl)c1.NC(N)=NC(N)=Nc1cccc(Cl)c1. The highest BCUT2D eigenvalue weighted by Crippen LogP contribution is 2.21. The van der Waals surface area contributed by atoms with E-state index in [2.05, 4.69) is 104 Å². The lowest BCUT2D eigenvalue weighted by Gasteiger charge is -2.09. The Bertz CT molecular complexity index is 5370. The van der Waals surface area contributed by atoms with Gasteiger partial charge in [-0.3, -0.25) is 20.3 Å². The average molecular weight is 1970 g/mol. The minimum atomic E-state index is -0.131. The molecule has 0 unspecified atom stereocenters. The van der Waals surface area contributed by atoms with Gasteiger partial charge in [0.1, 0.15) is 5.84 Å². The Morgan fingerprint density at radius 2 is 0.614 bits per heavy atom. The van der Waals surface area contributed by atoms with Crippen LogP contribution in [-0.4, -0.2) is 158 Å². The van der Waals surface area contributed by atoms with Crippen LogP contribution in [0, 0.1) is 5.92 Å². The summed E-state index contributed by atoms with van der Waals surface area (Å²) in [4.78, 5) is 66.3. The van der Waals surface area contributed by atoms with Crippen molar-refractivity contribution >= 4 is 205 Å². The number of hydrogen-bond acceptors (Lipinski definition) is 9. The second-order valence-electron chi connectivity index (χ2n) is 28.1. The molecule has 0 radical (unpaired) electrons. The molecular weight excluding hydrogens is 1850 g/mol. The number of anilines is 1. The lowest BCUT2D eigenvalue weighted by molar-refractivity contribution is 0.615. The molecule has 8 rings (SSSR count). The van der Waals surface area contributed by atoms with Gasteiger partial charge in [0.05, 0.1) is 31.0 Å². The topological polar surface area (TPSA) is 723 Å². The second-order valence-corrected chi connectivity index (χ2v) is 31.6. The van der Waals surface area contributed by atoms with E-state index in [0.29, 0.717) is 103 Å². The highest BCUT2D eigenvalue weighted by molar-refractivity contribution is 6.33. The monoisotopic (exact) mass is 1970 g/mol. The van der Waals surface area contributed by atoms with E-state index in [4.69, 9.17) is 202 Å². The van der Waals surface area contributed by atoms with Crippen LogP contribution in [0.5, 0.6) is 0 Å². The van der Waals surface area contributed by atoms with E-state index in [1.54, 1.807) is 117 Å². The molecule has 712 valence electrons. The number of rotatable bonds is 19. The maximum absolute atomic E-state index is 5.90. The van der Waals surface area contributed by atoms with Crippen LogP contribution in [0.15, 0.2) is 274 Å². The van der Waals surface area contributed by atoms with E-state index in [-0.39, 0.29) is 89.6 Å². The van der Waals surface area contributed by atoms with Crippen molar-refractivity contribution in [2.45, 2.75) is 92.5 Å². The quantitative estimate of drug-likeness (QED) is 0.0264. The molecule has 0 spiro atoms. The highest BCUT2D eigenvalue weighted by atomic mass is 35.5. The van der Waals surface area contributed by atoms with Crippen LogP contribution in [0.2, 0.25) is 40.2 Å². The van der Waals surface area contributed by atoms with Crippen molar-refractivity contribution in [3.63, 3.8) is 0 Å². The fourth-order valence-electron chi connectivity index (χ4n) is 9.04. The van der Waals surface area contributed by atoms with Crippen molar-refractivity contribution in [1.82, 2.24) is 15.1 Å². The van der Waals surface area contributed by atoms with Crippen LogP contribution < -0.4 is 120 Å². The molecule has 0 amide bonds. The van der Waals surface area contributed by atoms with E-state index < -0.39 is 0 Å². The minimum absolute atomic E-state index is 0.00716. The molecule has 0 aliphatic carbocycles. The van der Waals surface area contributed by atoms with E-state index in [1.807, 2.05) is 143 Å². The van der Waals surface area contributed by atoms with Crippen molar-refractivity contribution in [2.24, 2.45) is 195 Å². The fourth-order valence-corrected chi connectivity index (χ4v) is 10.7. The summed E-state index contributed by atoms with van der Waals surface area (Å²) in [6, 6.07) is 58.6. The van der Waals surface area contributed by atoms with Crippen molar-refractivity contribution in [2.75, 3.05) is 46.6 Å². The fraction of sp³-hybridized carbons (Fsp3) is 0.247. The summed E-state index contributed by atoms with van der Waals surface area (Å²) in [7, 11) is 7.10. The van der Waals surface area contributed by atoms with Gasteiger partial charge in [-0.05, 0) is 190 Å². The van der Waals surface area contributed by atoms with Crippen LogP contribution in [0.3, 0.4) is 0 Å². The number of benzene rings is 8. The van der Waals surface area contributed by atoms with Gasteiger partial charge in [0, 0.05) is 106 Å². The highest BCUT2D eigenvalue weighted by Gasteiger charge is 2.07. The zero-order valence-corrected chi connectivity index (χ0v) is 81.0. The molecule has 0 aliphatic rings. The van der Waals surface area contributed by atoms with Crippen LogP contribution in [-0.2, 0) is 32.5 Å². The van der Waals surface area contributed by atoms with E-state index in [0.717, 1.165) is 57.8 Å². The number of aliphatic imine (C=N–C) groups is 16. The minimum Gasteiger partial charge on any atom is -0.387 e. The van der Waals surface area contributed by atoms with Crippen molar-refractivity contribution < 1.29 is 0 Å². The van der Waals surface area contributed by atoms with Gasteiger partial charge in [-0.25, -0.2) is 34.9 Å². The molecule has 47 heteroatoms. The number of amidine groups is 1. The summed E-state index contributed by atoms with van der Waals surface area (Å²) >= 11 is 46.6. The van der Waals surface area contributed by atoms with Gasteiger partial charge in [0.15, 0.2) is 41.7 Å². The van der Waals surface area contributed by atoms with Gasteiger partial charge >= 0.3 is 0 Å². The molecule has 39 nitrogen and oxygen atoms in total. The third kappa shape index (κ3) is 62.4. The number of hydrogen-bond donors (Lipinski definition) is 21. The number of nitrogens with zero attached hydrogens (tertiary/aromatic N) is 18. The number of nitrogens with two attached hydrogens (primary N) is 19. The molecule has 0 atom stereocenters. The zero-order chi connectivity index (χ0) is 99.4. The first-order valence-corrected chi connectivity index (χ1v) is 42.5. The van der Waals surface area contributed by atoms with Crippen LogP contribution in [0.4, 0.5) is 17.1 Å². The first kappa shape index (κ1) is 116. The Hall–Kier alpha value is -13.8. The summed E-state index contributed by atoms with van der Waals surface area (Å²) in [5.74, 6) is 2.69. The lowest BCUT2D eigenvalue weighted by atomic mass is 10.1. The summed E-state index contributed by atoms with van der Waals surface area (Å²) in [5.41, 5.74) is 111. The van der Waals surface area contributed by atoms with Gasteiger partial charge in [-0.2, -0.15) is 30.0 Å². The summed E-state index contributed by atoms with van der Waals surface area (Å²) in [5, 5.41) is 10.8. The van der Waals surface area contributed by atoms with E-state index in [1.165, 1.54) is 0 Å². The summed E-state index contributed by atoms with van der Waals surface area (Å²) < 4.78 is 0. The predicted molar refractivity (Wildman–Crippen MR) is 562 cm³/mol. The van der Waals surface area contributed by atoms with E-state index in [9.17, 15) is 0 Å². The molecule has 0 aliphatic heterocycles. The number of halogens is 8. The van der Waals surface area contributed by atoms with Gasteiger partial charge in [-0.15, -0.1) is 0 Å². The van der Waals surface area contributed by atoms with Gasteiger partial charge in [0.2, 0.25) is 47.7 Å². The normalized spacial score (nSPS) is 12.3. The smallest absolute Gasteiger partial charge is 0.223 e. The summed E-state index contributed by atoms with van der Waals surface area (Å²) in [6.45, 7) is 14.2. The number of nitrogens with one attached hydrogen (secondary N) is 2. The maximum atomic E-state index is 5.90. The molecule has 0 fully saturated rings. The Labute approximate surface area is 810 Å². The Kier molecular flexibility index (Phi) is 57.8. The largest absolute Gasteiger partial charge is 0.387 e. The molecule has 0 saturated heterocycles. The molecule has 8 aromatic rings. The molecular formula is C85H121Cl8N39. The van der Waals surface area contributed by atoms with Gasteiger partial charge < -0.3 is 124 Å². The van der Waals surface area contributed by atoms with Crippen LogP contribution in [0.1, 0.15) is 75.8 Å². The summed E-state index contributed by atoms with van der Waals surface area (Å²) in [6.07, 6.45) is 2.24. The molecule has 8 aromatic carbocycles. The predicted octanol–water partition coefficient (Wildman–Crippen LogP) is 9.51. The third-order valence-corrected chi connectivity index (χ3v) is 16.4. The molecule has 0 aromatic heterocycles. The second kappa shape index (κ2) is 65.7. The first-order valence-electron chi connectivity index (χ1n) is 39.5. The van der Waals surface area contributed by atoms with Crippen molar-refractivity contribution in [3.8, 4) is 0 Å². The van der Waals surface area contributed by atoms with Crippen LogP contribution >= 0.6 is 92.8 Å². The standard InChI is InChI=1S/C14H21ClN4.C12H18ClN5.2C11H16ClN5.2C10H14ClN5.C9H12ClN5.C8H10ClN5/c1-10(2)8-13(16)19-14(17)18-7-6-11-4-3-5-12(15)9-11;1-8(2)17-12(15)18-11(14)16-7-9-4-3-5-10(13)6-9;1-17(2)11(14)16-10(13)15-7-8-4-3-5-9(12)6-8;1-7(2)15-10(13)17-11(14)16-9-5-3-4-8(12)6-9;1-16(2)10(13)15-9(12)14-8-5-3-4-7(11)6-8;11-8-3-1-2-7(6-8)4-5-15-10(14)16-9(12)13;10-7-3-1-2-6(4-7)5-14-9(13)15-8(11)12;9-5-2-1-3-6(4-5)13-8(12)14-7(10)11/h3-5,9-10H,6-8H2,1-2H3,(H4,16,17,18,19);3-6,8H,7H2,1-2H3,(H5,14,15,16,17,18);3-6H,7H2,1-2H3,(H4,13,14,15,16);3-7H,1-2H3,(H5,13,14,15,16,17);3-6H,1-2H3,(H4,12,13,14,15);1-3,6H,4-5H2,(H6,12,13,14,15,16);1-4H,5H2,(H6,11,12,13,14,15);1-4H,(H6,10,11,12,13,14). The lowest BCUT2D eigenvalue weighted by Crippen LogP contribution is -2.42. The first-order chi connectivity index (χ1) is 62.1. The van der Waals surface area contributed by atoms with E-state index >= 15 is 0 Å². The van der Waals surface area contributed by atoms with Crippen molar-refractivity contribution in [1.29, 1.82) is 0 Å². The average Bonchev–Trinajstić information content (AvgIpc) is 0.922.